The van der Waals surface area contributed by atoms with Crippen molar-refractivity contribution >= 4 is 17.5 Å². The number of hydrogen-bond acceptors (Lipinski definition) is 3. The number of piperidine rings is 1. The van der Waals surface area contributed by atoms with Crippen molar-refractivity contribution in [2.45, 2.75) is 25.4 Å². The zero-order valence-electron chi connectivity index (χ0n) is 11.9. The van der Waals surface area contributed by atoms with Gasteiger partial charge in [-0.1, -0.05) is 11.6 Å². The molecule has 1 aromatic rings. The number of hydrogen-bond donors (Lipinski definition) is 1. The summed E-state index contributed by atoms with van der Waals surface area (Å²) in [6.45, 7) is 2.53. The molecule has 1 aliphatic rings. The van der Waals surface area contributed by atoms with Crippen LogP contribution in [0.1, 0.15) is 29.6 Å². The largest absolute Gasteiger partial charge is 0.378 e. The van der Waals surface area contributed by atoms with Gasteiger partial charge in [0.15, 0.2) is 0 Å². The third-order valence-electron chi connectivity index (χ3n) is 3.60. The summed E-state index contributed by atoms with van der Waals surface area (Å²) in [7, 11) is 0. The van der Waals surface area contributed by atoms with E-state index in [-0.39, 0.29) is 17.0 Å². The van der Waals surface area contributed by atoms with Gasteiger partial charge in [-0.25, -0.2) is 4.39 Å². The molecule has 116 valence electrons. The average molecular weight is 315 g/mol. The number of carbonyl (C=O) groups is 1. The molecular weight excluding hydrogens is 295 g/mol. The van der Waals surface area contributed by atoms with Gasteiger partial charge < -0.3 is 15.4 Å². The van der Waals surface area contributed by atoms with Crippen molar-refractivity contribution in [1.29, 1.82) is 0 Å². The lowest BCUT2D eigenvalue weighted by atomic mass is 10.1. The monoisotopic (exact) mass is 314 g/mol. The molecule has 0 bridgehead atoms. The molecule has 2 N–H and O–H groups in total. The molecule has 1 heterocycles. The highest BCUT2D eigenvalue weighted by molar-refractivity contribution is 6.30. The first kappa shape index (κ1) is 16.2. The van der Waals surface area contributed by atoms with Gasteiger partial charge in [0, 0.05) is 25.3 Å². The van der Waals surface area contributed by atoms with E-state index in [2.05, 4.69) is 0 Å². The maximum atomic E-state index is 13.4. The number of carbonyl (C=O) groups excluding carboxylic acids is 1. The quantitative estimate of drug-likeness (QED) is 0.849. The van der Waals surface area contributed by atoms with E-state index >= 15 is 0 Å². The van der Waals surface area contributed by atoms with Gasteiger partial charge in [0.1, 0.15) is 5.82 Å². The molecule has 2 rings (SSSR count). The molecule has 1 amide bonds. The van der Waals surface area contributed by atoms with E-state index in [0.29, 0.717) is 31.8 Å². The number of nitrogens with two attached hydrogens (primary N) is 1. The van der Waals surface area contributed by atoms with Crippen molar-refractivity contribution in [3.05, 3.63) is 34.6 Å². The number of benzene rings is 1. The van der Waals surface area contributed by atoms with Gasteiger partial charge in [-0.3, -0.25) is 4.79 Å². The zero-order valence-corrected chi connectivity index (χ0v) is 12.6. The fraction of sp³-hybridized carbons (Fsp3) is 0.533. The normalized spacial score (nSPS) is 16.2. The summed E-state index contributed by atoms with van der Waals surface area (Å²) in [6.07, 6.45) is 2.63. The molecular formula is C15H20ClFN2O2. The van der Waals surface area contributed by atoms with E-state index in [9.17, 15) is 9.18 Å². The molecule has 4 nitrogen and oxygen atoms in total. The van der Waals surface area contributed by atoms with Crippen LogP contribution < -0.4 is 5.73 Å². The van der Waals surface area contributed by atoms with Gasteiger partial charge in [0.2, 0.25) is 0 Å². The molecule has 6 heteroatoms. The topological polar surface area (TPSA) is 55.6 Å². The summed E-state index contributed by atoms with van der Waals surface area (Å²) in [5.74, 6) is -0.728. The Morgan fingerprint density at radius 3 is 2.76 bits per heavy atom. The smallest absolute Gasteiger partial charge is 0.253 e. The van der Waals surface area contributed by atoms with E-state index in [1.165, 1.54) is 12.1 Å². The lowest BCUT2D eigenvalue weighted by molar-refractivity contribution is 0.00843. The Hall–Kier alpha value is -1.17. The number of rotatable bonds is 5. The van der Waals surface area contributed by atoms with Crippen molar-refractivity contribution in [2.24, 2.45) is 5.73 Å². The highest BCUT2D eigenvalue weighted by Gasteiger charge is 2.24. The summed E-state index contributed by atoms with van der Waals surface area (Å²) >= 11 is 5.63. The molecule has 1 saturated heterocycles. The third-order valence-corrected chi connectivity index (χ3v) is 3.90. The number of halogens is 2. The van der Waals surface area contributed by atoms with E-state index in [4.69, 9.17) is 22.1 Å². The summed E-state index contributed by atoms with van der Waals surface area (Å²) in [4.78, 5) is 14.0. The minimum absolute atomic E-state index is 0.0264. The Labute approximate surface area is 129 Å². The van der Waals surface area contributed by atoms with Gasteiger partial charge in [-0.15, -0.1) is 0 Å². The molecule has 1 aliphatic heterocycles. The van der Waals surface area contributed by atoms with Crippen LogP contribution in [0.2, 0.25) is 5.02 Å². The van der Waals surface area contributed by atoms with Gasteiger partial charge in [-0.2, -0.15) is 0 Å². The van der Waals surface area contributed by atoms with Crippen molar-refractivity contribution in [3.63, 3.8) is 0 Å². The van der Waals surface area contributed by atoms with Crippen LogP contribution in [0.15, 0.2) is 18.2 Å². The first-order chi connectivity index (χ1) is 10.1. The van der Waals surface area contributed by atoms with Crippen molar-refractivity contribution in [1.82, 2.24) is 4.90 Å². The third kappa shape index (κ3) is 4.40. The van der Waals surface area contributed by atoms with Crippen LogP contribution in [0.4, 0.5) is 4.39 Å². The standard InChI is InChI=1S/C15H20ClFN2O2/c16-13-3-2-11(10-14(13)17)15(20)19-7-4-12(5-8-19)21-9-1-6-18/h2-3,10,12H,1,4-9,18H2. The minimum atomic E-state index is -0.567. The molecule has 0 spiro atoms. The molecule has 1 fully saturated rings. The molecule has 0 radical (unpaired) electrons. The average Bonchev–Trinajstić information content (AvgIpc) is 2.50. The number of nitrogens with zero attached hydrogens (tertiary/aromatic N) is 1. The Morgan fingerprint density at radius 1 is 1.43 bits per heavy atom. The first-order valence-corrected chi connectivity index (χ1v) is 7.55. The van der Waals surface area contributed by atoms with Crippen LogP contribution in [0, 0.1) is 5.82 Å². The predicted molar refractivity (Wildman–Crippen MR) is 80.0 cm³/mol. The highest BCUT2D eigenvalue weighted by atomic mass is 35.5. The Morgan fingerprint density at radius 2 is 2.14 bits per heavy atom. The second-order valence-corrected chi connectivity index (χ2v) is 5.54. The summed E-state index contributed by atoms with van der Waals surface area (Å²) in [5.41, 5.74) is 5.75. The van der Waals surface area contributed by atoms with Crippen LogP contribution >= 0.6 is 11.6 Å². The second-order valence-electron chi connectivity index (χ2n) is 5.13. The van der Waals surface area contributed by atoms with Gasteiger partial charge in [0.25, 0.3) is 5.91 Å². The number of amides is 1. The lowest BCUT2D eigenvalue weighted by Gasteiger charge is -2.32. The number of likely N-dealkylation sites (tertiary alicyclic amines) is 1. The van der Waals surface area contributed by atoms with Gasteiger partial charge in [0.05, 0.1) is 11.1 Å². The van der Waals surface area contributed by atoms with E-state index in [1.54, 1.807) is 11.0 Å². The van der Waals surface area contributed by atoms with E-state index in [0.717, 1.165) is 19.3 Å². The summed E-state index contributed by atoms with van der Waals surface area (Å²) in [5, 5.41) is 0.0264. The van der Waals surface area contributed by atoms with Gasteiger partial charge >= 0.3 is 0 Å². The van der Waals surface area contributed by atoms with E-state index in [1.807, 2.05) is 0 Å². The Balaban J connectivity index is 1.86. The molecule has 0 unspecified atom stereocenters. The molecule has 0 atom stereocenters. The van der Waals surface area contributed by atoms with Crippen LogP contribution in [-0.2, 0) is 4.74 Å². The van der Waals surface area contributed by atoms with Crippen molar-refractivity contribution in [3.8, 4) is 0 Å². The van der Waals surface area contributed by atoms with Crippen molar-refractivity contribution in [2.75, 3.05) is 26.2 Å². The van der Waals surface area contributed by atoms with Crippen LogP contribution in [0.3, 0.4) is 0 Å². The molecule has 0 aliphatic carbocycles. The first-order valence-electron chi connectivity index (χ1n) is 7.18. The number of ether oxygens (including phenoxy) is 1. The maximum Gasteiger partial charge on any atom is 0.253 e. The van der Waals surface area contributed by atoms with Crippen LogP contribution in [0.25, 0.3) is 0 Å². The van der Waals surface area contributed by atoms with E-state index < -0.39 is 5.82 Å². The van der Waals surface area contributed by atoms with Crippen molar-refractivity contribution < 1.29 is 13.9 Å². The van der Waals surface area contributed by atoms with Crippen LogP contribution in [0.5, 0.6) is 0 Å². The highest BCUT2D eigenvalue weighted by Crippen LogP contribution is 2.20. The molecule has 0 saturated carbocycles. The fourth-order valence-electron chi connectivity index (χ4n) is 2.37. The predicted octanol–water partition coefficient (Wildman–Crippen LogP) is 2.45. The van der Waals surface area contributed by atoms with Gasteiger partial charge in [-0.05, 0) is 44.0 Å². The summed E-state index contributed by atoms with van der Waals surface area (Å²) in [6, 6.07) is 4.15. The second kappa shape index (κ2) is 7.73. The fourth-order valence-corrected chi connectivity index (χ4v) is 2.49. The maximum absolute atomic E-state index is 13.4. The van der Waals surface area contributed by atoms with Crippen LogP contribution in [-0.4, -0.2) is 43.2 Å². The zero-order chi connectivity index (χ0) is 15.2. The Kier molecular flexibility index (Phi) is 5.96. The minimum Gasteiger partial charge on any atom is -0.378 e. The SMILES string of the molecule is NCCCOC1CCN(C(=O)c2ccc(Cl)c(F)c2)CC1. The molecule has 1 aromatic carbocycles. The molecule has 0 aromatic heterocycles. The Bertz CT molecular complexity index is 491. The molecule has 21 heavy (non-hydrogen) atoms. The lowest BCUT2D eigenvalue weighted by Crippen LogP contribution is -2.41. The summed E-state index contributed by atoms with van der Waals surface area (Å²) < 4.78 is 19.1.